The lowest BCUT2D eigenvalue weighted by Gasteiger charge is -2.17. The van der Waals surface area contributed by atoms with E-state index in [0.29, 0.717) is 0 Å². The summed E-state index contributed by atoms with van der Waals surface area (Å²) in [5, 5.41) is 2.38. The second kappa shape index (κ2) is 5.76. The third-order valence-corrected chi connectivity index (χ3v) is 5.47. The molecule has 1 N–H and O–H groups in total. The number of likely N-dealkylation sites (N-methyl/N-ethyl adjacent to an activating group) is 2. The molecule has 0 atom stereocenters. The zero-order chi connectivity index (χ0) is 13.1. The van der Waals surface area contributed by atoms with Gasteiger partial charge in [0.2, 0.25) is 5.91 Å². The molecule has 0 aliphatic carbocycles. The van der Waals surface area contributed by atoms with Crippen LogP contribution in [-0.2, 0) is 14.8 Å². The molecular formula is C8H12ClN3O3S2. The first-order valence-electron chi connectivity index (χ1n) is 4.73. The average Bonchev–Trinajstić information content (AvgIpc) is 2.72. The smallest absolute Gasteiger partial charge is 0.254 e. The van der Waals surface area contributed by atoms with E-state index in [-0.39, 0.29) is 27.7 Å². The van der Waals surface area contributed by atoms with Crippen LogP contribution in [0.5, 0.6) is 0 Å². The fraction of sp³-hybridized carbons (Fsp3) is 0.500. The maximum absolute atomic E-state index is 12.1. The lowest BCUT2D eigenvalue weighted by atomic mass is 10.5. The molecule has 9 heteroatoms. The summed E-state index contributed by atoms with van der Waals surface area (Å²) in [4.78, 5) is 14.9. The van der Waals surface area contributed by atoms with Gasteiger partial charge in [-0.25, -0.2) is 13.4 Å². The quantitative estimate of drug-likeness (QED) is 0.861. The highest BCUT2D eigenvalue weighted by Gasteiger charge is 2.26. The van der Waals surface area contributed by atoms with Crippen molar-refractivity contribution in [1.29, 1.82) is 0 Å². The van der Waals surface area contributed by atoms with Crippen molar-refractivity contribution in [1.82, 2.24) is 14.6 Å². The van der Waals surface area contributed by atoms with Crippen LogP contribution in [-0.4, -0.2) is 43.8 Å². The van der Waals surface area contributed by atoms with E-state index in [1.54, 1.807) is 6.92 Å². The molecule has 0 saturated carbocycles. The summed E-state index contributed by atoms with van der Waals surface area (Å²) in [5.41, 5.74) is 0. The molecule has 0 bridgehead atoms. The molecule has 0 fully saturated rings. The van der Waals surface area contributed by atoms with E-state index in [4.69, 9.17) is 11.6 Å². The van der Waals surface area contributed by atoms with Gasteiger partial charge in [0.25, 0.3) is 10.0 Å². The van der Waals surface area contributed by atoms with E-state index >= 15 is 0 Å². The van der Waals surface area contributed by atoms with Crippen LogP contribution in [0.1, 0.15) is 6.92 Å². The Kier molecular flexibility index (Phi) is 4.87. The van der Waals surface area contributed by atoms with Crippen LogP contribution >= 0.6 is 22.9 Å². The topological polar surface area (TPSA) is 79.4 Å². The fourth-order valence-electron chi connectivity index (χ4n) is 1.09. The summed E-state index contributed by atoms with van der Waals surface area (Å²) in [6.45, 7) is 1.64. The monoisotopic (exact) mass is 297 g/mol. The Hall–Kier alpha value is -0.700. The number of rotatable bonds is 5. The molecule has 0 radical (unpaired) electrons. The fourth-order valence-corrected chi connectivity index (χ4v) is 3.95. The van der Waals surface area contributed by atoms with Crippen molar-refractivity contribution in [2.24, 2.45) is 0 Å². The molecule has 0 spiro atoms. The second-order valence-corrected chi connectivity index (χ2v) is 6.81. The Bertz CT molecular complexity index is 500. The van der Waals surface area contributed by atoms with Crippen molar-refractivity contribution in [2.45, 2.75) is 11.1 Å². The molecule has 1 aromatic rings. The van der Waals surface area contributed by atoms with E-state index in [9.17, 15) is 13.2 Å². The van der Waals surface area contributed by atoms with Crippen LogP contribution in [0.25, 0.3) is 0 Å². The van der Waals surface area contributed by atoms with Gasteiger partial charge in [0.15, 0.2) is 8.68 Å². The Morgan fingerprint density at radius 2 is 2.29 bits per heavy atom. The van der Waals surface area contributed by atoms with Crippen LogP contribution in [0.3, 0.4) is 0 Å². The van der Waals surface area contributed by atoms with Crippen molar-refractivity contribution in [3.8, 4) is 0 Å². The van der Waals surface area contributed by atoms with Gasteiger partial charge in [-0.2, -0.15) is 4.31 Å². The molecule has 0 aliphatic heterocycles. The van der Waals surface area contributed by atoms with E-state index < -0.39 is 10.0 Å². The summed E-state index contributed by atoms with van der Waals surface area (Å²) in [5.74, 6) is -0.369. The highest BCUT2D eigenvalue weighted by Crippen LogP contribution is 2.25. The molecule has 1 amide bonds. The van der Waals surface area contributed by atoms with E-state index in [2.05, 4.69) is 10.3 Å². The first kappa shape index (κ1) is 14.4. The van der Waals surface area contributed by atoms with Crippen LogP contribution < -0.4 is 5.32 Å². The number of nitrogens with one attached hydrogen (secondary N) is 1. The van der Waals surface area contributed by atoms with Crippen LogP contribution in [0, 0.1) is 0 Å². The normalized spacial score (nSPS) is 11.8. The van der Waals surface area contributed by atoms with Gasteiger partial charge in [-0.05, 0) is 0 Å². The van der Waals surface area contributed by atoms with E-state index in [1.165, 1.54) is 13.2 Å². The second-order valence-electron chi connectivity index (χ2n) is 3.04. The number of amides is 1. The Labute approximate surface area is 109 Å². The van der Waals surface area contributed by atoms with Gasteiger partial charge in [0, 0.05) is 13.6 Å². The number of hydrogen-bond donors (Lipinski definition) is 1. The van der Waals surface area contributed by atoms with Crippen LogP contribution in [0.15, 0.2) is 10.4 Å². The number of carbonyl (C=O) groups excluding carboxylic acids is 1. The molecule has 1 rings (SSSR count). The van der Waals surface area contributed by atoms with E-state index in [1.807, 2.05) is 0 Å². The molecule has 1 aromatic heterocycles. The summed E-state index contributed by atoms with van der Waals surface area (Å²) < 4.78 is 25.4. The first-order chi connectivity index (χ1) is 7.91. The minimum atomic E-state index is -3.69. The zero-order valence-electron chi connectivity index (χ0n) is 9.31. The predicted molar refractivity (Wildman–Crippen MR) is 65.6 cm³/mol. The number of sulfonamides is 1. The number of halogens is 1. The van der Waals surface area contributed by atoms with Gasteiger partial charge < -0.3 is 5.32 Å². The number of nitrogens with zero attached hydrogens (tertiary/aromatic N) is 2. The molecule has 0 unspecified atom stereocenters. The number of carbonyl (C=O) groups is 1. The van der Waals surface area contributed by atoms with Gasteiger partial charge in [-0.3, -0.25) is 4.79 Å². The highest BCUT2D eigenvalue weighted by molar-refractivity contribution is 7.91. The standard InChI is InChI=1S/C8H12ClN3O3S2/c1-3-12(5-6(13)10-2)17(14,15)7-4-11-8(9)16-7/h4H,3,5H2,1-2H3,(H,10,13). The maximum Gasteiger partial charge on any atom is 0.254 e. The third kappa shape index (κ3) is 3.38. The molecule has 1 heterocycles. The van der Waals surface area contributed by atoms with Gasteiger partial charge in [-0.15, -0.1) is 0 Å². The lowest BCUT2D eigenvalue weighted by Crippen LogP contribution is -2.39. The van der Waals surface area contributed by atoms with Gasteiger partial charge in [0.05, 0.1) is 12.7 Å². The highest BCUT2D eigenvalue weighted by atomic mass is 35.5. The van der Waals surface area contributed by atoms with Crippen molar-refractivity contribution in [3.63, 3.8) is 0 Å². The Morgan fingerprint density at radius 1 is 1.65 bits per heavy atom. The summed E-state index contributed by atoms with van der Waals surface area (Å²) in [7, 11) is -2.24. The minimum Gasteiger partial charge on any atom is -0.358 e. The summed E-state index contributed by atoms with van der Waals surface area (Å²) in [6.07, 6.45) is 1.19. The molecular weight excluding hydrogens is 286 g/mol. The molecule has 0 aliphatic rings. The predicted octanol–water partition coefficient (Wildman–Crippen LogP) is 0.553. The largest absolute Gasteiger partial charge is 0.358 e. The molecule has 0 aromatic carbocycles. The van der Waals surface area contributed by atoms with Crippen molar-refractivity contribution in [2.75, 3.05) is 20.1 Å². The lowest BCUT2D eigenvalue weighted by molar-refractivity contribution is -0.120. The van der Waals surface area contributed by atoms with Crippen LogP contribution in [0.4, 0.5) is 0 Å². The minimum absolute atomic E-state index is 0.0354. The average molecular weight is 298 g/mol. The number of aromatic nitrogens is 1. The molecule has 17 heavy (non-hydrogen) atoms. The van der Waals surface area contributed by atoms with Gasteiger partial charge in [0.1, 0.15) is 0 Å². The van der Waals surface area contributed by atoms with E-state index in [0.717, 1.165) is 15.6 Å². The molecule has 96 valence electrons. The van der Waals surface area contributed by atoms with Crippen molar-refractivity contribution >= 4 is 38.9 Å². The summed E-state index contributed by atoms with van der Waals surface area (Å²) in [6, 6.07) is 0. The molecule has 6 nitrogen and oxygen atoms in total. The summed E-state index contributed by atoms with van der Waals surface area (Å²) >= 11 is 6.46. The zero-order valence-corrected chi connectivity index (χ0v) is 11.7. The van der Waals surface area contributed by atoms with Crippen LogP contribution in [0.2, 0.25) is 4.47 Å². The number of thiazole rings is 1. The van der Waals surface area contributed by atoms with Crippen molar-refractivity contribution in [3.05, 3.63) is 10.7 Å². The maximum atomic E-state index is 12.1. The van der Waals surface area contributed by atoms with Gasteiger partial charge >= 0.3 is 0 Å². The SMILES string of the molecule is CCN(CC(=O)NC)S(=O)(=O)c1cnc(Cl)s1. The van der Waals surface area contributed by atoms with Crippen molar-refractivity contribution < 1.29 is 13.2 Å². The first-order valence-corrected chi connectivity index (χ1v) is 7.37. The van der Waals surface area contributed by atoms with Gasteiger partial charge in [-0.1, -0.05) is 29.9 Å². The Morgan fingerprint density at radius 3 is 2.71 bits per heavy atom. The third-order valence-electron chi connectivity index (χ3n) is 2.00. The number of hydrogen-bond acceptors (Lipinski definition) is 5. The Balaban J connectivity index is 2.98. The molecule has 0 saturated heterocycles.